The molecule has 5 N–H and O–H groups in total. The van der Waals surface area contributed by atoms with Gasteiger partial charge in [0.15, 0.2) is 5.69 Å². The number of H-pyrrole nitrogens is 1. The molecule has 1 fully saturated rings. The van der Waals surface area contributed by atoms with E-state index in [2.05, 4.69) is 27.2 Å². The van der Waals surface area contributed by atoms with E-state index in [0.717, 1.165) is 35.1 Å². The molecule has 8 rings (SSSR count). The molecule has 0 saturated carbocycles. The average Bonchev–Trinajstić information content (AvgIpc) is 3.80. The van der Waals surface area contributed by atoms with Gasteiger partial charge in [-0.25, -0.2) is 5.21 Å². The minimum atomic E-state index is -1.11. The second kappa shape index (κ2) is 15.1. The standard InChI is InChI=1S/C42H44N8O5/c1-27-36(42(52)48(25-30-9-5-6-10-38(30)43)32-12-14-39-31(20-32)23-44-45-39)22-40(46(27)2)37-21-33(50(53)54)11-13-35(37)41(51)49-24-29-8-4-3-7-28(29)19-34(49)26-47-15-17-55-18-16-47/h3-14,20-23,34,50,53H,15-19,24-26,43H2,1-2H3,(H,44,45)/t34-/m0/s1. The number of aromatic amines is 1. The van der Waals surface area contributed by atoms with Crippen molar-refractivity contribution >= 4 is 39.8 Å². The molecule has 2 aliphatic heterocycles. The van der Waals surface area contributed by atoms with Crippen LogP contribution in [0.25, 0.3) is 22.2 Å². The number of benzene rings is 4. The second-order valence-corrected chi connectivity index (χ2v) is 14.4. The van der Waals surface area contributed by atoms with Crippen molar-refractivity contribution in [3.8, 4) is 11.3 Å². The highest BCUT2D eigenvalue weighted by Gasteiger charge is 2.34. The van der Waals surface area contributed by atoms with Gasteiger partial charge in [0.25, 0.3) is 11.8 Å². The van der Waals surface area contributed by atoms with Gasteiger partial charge >= 0.3 is 0 Å². The molecular weight excluding hydrogens is 697 g/mol. The van der Waals surface area contributed by atoms with E-state index in [4.69, 9.17) is 10.5 Å². The van der Waals surface area contributed by atoms with Crippen molar-refractivity contribution in [2.24, 2.45) is 7.05 Å². The third kappa shape index (κ3) is 7.11. The number of fused-ring (bicyclic) bond motifs is 2. The summed E-state index contributed by atoms with van der Waals surface area (Å²) in [6.45, 7) is 6.08. The Hall–Kier alpha value is -5.83. The minimum absolute atomic E-state index is 0.0433. The predicted molar refractivity (Wildman–Crippen MR) is 210 cm³/mol. The van der Waals surface area contributed by atoms with Crippen LogP contribution in [0.4, 0.5) is 17.1 Å². The number of carbonyl (C=O) groups is 2. The van der Waals surface area contributed by atoms with Gasteiger partial charge in [0.1, 0.15) is 0 Å². The van der Waals surface area contributed by atoms with Crippen LogP contribution < -0.4 is 15.9 Å². The molecule has 0 radical (unpaired) electrons. The number of nitrogens with zero attached hydrogens (tertiary/aromatic N) is 5. The van der Waals surface area contributed by atoms with Gasteiger partial charge in [0, 0.05) is 90.7 Å². The lowest BCUT2D eigenvalue weighted by Gasteiger charge is -2.40. The number of ether oxygens (including phenoxy) is 1. The summed E-state index contributed by atoms with van der Waals surface area (Å²) in [6, 6.07) is 27.6. The first-order chi connectivity index (χ1) is 26.7. The summed E-state index contributed by atoms with van der Waals surface area (Å²) >= 11 is 0. The molecule has 6 aromatic rings. The Bertz CT molecular complexity index is 2380. The first kappa shape index (κ1) is 36.2. The number of amides is 2. The molecule has 4 aromatic carbocycles. The third-order valence-electron chi connectivity index (χ3n) is 11.1. The fraction of sp³-hybridized carbons (Fsp3) is 0.262. The van der Waals surface area contributed by atoms with E-state index in [-0.39, 0.29) is 30.1 Å². The molecule has 1 unspecified atom stereocenters. The number of quaternary nitrogens is 1. The van der Waals surface area contributed by atoms with Crippen LogP contribution >= 0.6 is 0 Å². The van der Waals surface area contributed by atoms with E-state index in [1.807, 2.05) is 78.0 Å². The van der Waals surface area contributed by atoms with Crippen molar-refractivity contribution in [1.29, 1.82) is 0 Å². The van der Waals surface area contributed by atoms with E-state index in [0.29, 0.717) is 72.2 Å². The van der Waals surface area contributed by atoms with Crippen molar-refractivity contribution in [1.82, 2.24) is 24.6 Å². The topological polar surface area (TPSA) is 160 Å². The molecule has 4 heterocycles. The Morgan fingerprint density at radius 3 is 2.55 bits per heavy atom. The number of para-hydroxylation sites is 1. The largest absolute Gasteiger partial charge is 0.595 e. The summed E-state index contributed by atoms with van der Waals surface area (Å²) in [6.07, 6.45) is 2.42. The molecule has 0 aliphatic carbocycles. The third-order valence-corrected chi connectivity index (χ3v) is 11.1. The Morgan fingerprint density at radius 1 is 1.00 bits per heavy atom. The summed E-state index contributed by atoms with van der Waals surface area (Å²) < 4.78 is 7.46. The number of hydrogen-bond acceptors (Lipinski definition) is 8. The molecule has 13 heteroatoms. The highest BCUT2D eigenvalue weighted by Crippen LogP contribution is 2.35. The van der Waals surface area contributed by atoms with Crippen molar-refractivity contribution in [2.45, 2.75) is 32.5 Å². The number of nitrogen functional groups attached to an aromatic ring is 1. The lowest BCUT2D eigenvalue weighted by atomic mass is 9.92. The first-order valence-corrected chi connectivity index (χ1v) is 18.5. The SMILES string of the molecule is Cc1c(C(=O)N(Cc2ccccc2N)c2ccc3[nH]ncc3c2)cc(-c2cc([NH+]([O-])O)ccc2C(=O)N2Cc3ccccc3C[C@H]2CN2CCOCC2)n1C. The van der Waals surface area contributed by atoms with Crippen molar-refractivity contribution < 1.29 is 24.8 Å². The van der Waals surface area contributed by atoms with Gasteiger partial charge in [0.2, 0.25) is 0 Å². The smallest absolute Gasteiger partial charge is 0.260 e. The fourth-order valence-electron chi connectivity index (χ4n) is 7.85. The highest BCUT2D eigenvalue weighted by atomic mass is 16.8. The van der Waals surface area contributed by atoms with Gasteiger partial charge in [-0.3, -0.25) is 19.6 Å². The minimum Gasteiger partial charge on any atom is -0.595 e. The number of morpholine rings is 1. The summed E-state index contributed by atoms with van der Waals surface area (Å²) in [7, 11) is 1.83. The van der Waals surface area contributed by atoms with Crippen LogP contribution in [0, 0.1) is 12.1 Å². The zero-order valence-electron chi connectivity index (χ0n) is 30.9. The number of hydrogen-bond donors (Lipinski definition) is 4. The maximum atomic E-state index is 14.9. The van der Waals surface area contributed by atoms with E-state index < -0.39 is 5.23 Å². The van der Waals surface area contributed by atoms with E-state index in [1.165, 1.54) is 11.6 Å². The van der Waals surface area contributed by atoms with Crippen LogP contribution in [0.5, 0.6) is 0 Å². The lowest BCUT2D eigenvalue weighted by molar-refractivity contribution is -0.991. The Balaban J connectivity index is 1.20. The monoisotopic (exact) mass is 740 g/mol. The maximum Gasteiger partial charge on any atom is 0.260 e. The molecule has 1 saturated heterocycles. The molecule has 2 atom stereocenters. The van der Waals surface area contributed by atoms with Crippen LogP contribution in [-0.4, -0.2) is 80.5 Å². The van der Waals surface area contributed by atoms with Gasteiger partial charge in [-0.05, 0) is 66.4 Å². The molecule has 2 aromatic heterocycles. The normalized spacial score (nSPS) is 16.6. The number of rotatable bonds is 9. The van der Waals surface area contributed by atoms with Crippen LogP contribution in [0.1, 0.15) is 43.1 Å². The van der Waals surface area contributed by atoms with Gasteiger partial charge in [0.05, 0.1) is 37.0 Å². The quantitative estimate of drug-likeness (QED) is 0.124. The average molecular weight is 741 g/mol. The molecule has 2 aliphatic rings. The van der Waals surface area contributed by atoms with Gasteiger partial charge in [-0.15, -0.1) is 0 Å². The molecule has 282 valence electrons. The summed E-state index contributed by atoms with van der Waals surface area (Å²) in [5.41, 5.74) is 14.0. The van der Waals surface area contributed by atoms with E-state index in [1.54, 1.807) is 29.3 Å². The van der Waals surface area contributed by atoms with Crippen LogP contribution in [0.2, 0.25) is 0 Å². The zero-order chi connectivity index (χ0) is 38.2. The fourth-order valence-corrected chi connectivity index (χ4v) is 7.85. The van der Waals surface area contributed by atoms with Gasteiger partial charge in [-0.2, -0.15) is 10.3 Å². The summed E-state index contributed by atoms with van der Waals surface area (Å²) in [4.78, 5) is 35.7. The Morgan fingerprint density at radius 2 is 1.76 bits per heavy atom. The number of anilines is 2. The Kier molecular flexibility index (Phi) is 9.95. The summed E-state index contributed by atoms with van der Waals surface area (Å²) in [5, 5.41) is 29.3. The molecule has 0 spiro atoms. The van der Waals surface area contributed by atoms with Crippen molar-refractivity contribution in [2.75, 3.05) is 43.5 Å². The van der Waals surface area contributed by atoms with E-state index in [9.17, 15) is 20.0 Å². The Labute approximate surface area is 318 Å². The van der Waals surface area contributed by atoms with Gasteiger partial charge < -0.3 is 30.0 Å². The highest BCUT2D eigenvalue weighted by molar-refractivity contribution is 6.09. The molecule has 0 bridgehead atoms. The molecular formula is C42H44N8O5. The second-order valence-electron chi connectivity index (χ2n) is 14.4. The molecule has 13 nitrogen and oxygen atoms in total. The van der Waals surface area contributed by atoms with Crippen LogP contribution in [-0.2, 0) is 31.3 Å². The predicted octanol–water partition coefficient (Wildman–Crippen LogP) is 4.61. The number of carbonyl (C=O) groups excluding carboxylic acids is 2. The van der Waals surface area contributed by atoms with Crippen LogP contribution in [0.3, 0.4) is 0 Å². The molecule has 2 amide bonds. The zero-order valence-corrected chi connectivity index (χ0v) is 30.9. The summed E-state index contributed by atoms with van der Waals surface area (Å²) in [5.74, 6) is -0.466. The number of nitrogens with one attached hydrogen (secondary N) is 2. The van der Waals surface area contributed by atoms with Crippen molar-refractivity contribution in [3.05, 3.63) is 136 Å². The van der Waals surface area contributed by atoms with Crippen molar-refractivity contribution in [3.63, 3.8) is 0 Å². The van der Waals surface area contributed by atoms with Crippen LogP contribution in [0.15, 0.2) is 97.2 Å². The maximum absolute atomic E-state index is 14.9. The first-order valence-electron chi connectivity index (χ1n) is 18.5. The van der Waals surface area contributed by atoms with Gasteiger partial charge in [-0.1, -0.05) is 42.5 Å². The number of aromatic nitrogens is 3. The lowest BCUT2D eigenvalue weighted by Crippen LogP contribution is -2.99. The molecule has 55 heavy (non-hydrogen) atoms. The van der Waals surface area contributed by atoms with E-state index >= 15 is 0 Å². The number of nitrogens with two attached hydrogens (primary N) is 1.